The third-order valence-electron chi connectivity index (χ3n) is 6.06. The van der Waals surface area contributed by atoms with E-state index in [9.17, 15) is 9.59 Å². The van der Waals surface area contributed by atoms with Crippen molar-refractivity contribution in [2.45, 2.75) is 59.4 Å². The van der Waals surface area contributed by atoms with Gasteiger partial charge in [-0.3, -0.25) is 9.59 Å². The van der Waals surface area contributed by atoms with E-state index in [4.69, 9.17) is 4.42 Å². The van der Waals surface area contributed by atoms with Crippen molar-refractivity contribution in [1.29, 1.82) is 0 Å². The van der Waals surface area contributed by atoms with Crippen LogP contribution >= 0.6 is 0 Å². The van der Waals surface area contributed by atoms with Gasteiger partial charge in [-0.05, 0) is 64.5 Å². The van der Waals surface area contributed by atoms with Crippen LogP contribution in [0.2, 0.25) is 0 Å². The van der Waals surface area contributed by atoms with E-state index in [2.05, 4.69) is 24.3 Å². The second kappa shape index (κ2) is 9.96. The Morgan fingerprint density at radius 2 is 1.80 bits per heavy atom. The topological polar surface area (TPSA) is 53.8 Å². The van der Waals surface area contributed by atoms with E-state index in [0.717, 1.165) is 38.1 Å². The van der Waals surface area contributed by atoms with Crippen molar-refractivity contribution in [2.24, 2.45) is 5.92 Å². The van der Waals surface area contributed by atoms with E-state index in [1.54, 1.807) is 11.0 Å². The van der Waals surface area contributed by atoms with Crippen LogP contribution in [0.1, 0.15) is 60.6 Å². The molecule has 1 aliphatic rings. The number of piperidine rings is 1. The fourth-order valence-electron chi connectivity index (χ4n) is 4.30. The first-order valence-corrected chi connectivity index (χ1v) is 11.0. The minimum atomic E-state index is -0.0614. The third-order valence-corrected chi connectivity index (χ3v) is 6.06. The van der Waals surface area contributed by atoms with Crippen LogP contribution < -0.4 is 0 Å². The zero-order chi connectivity index (χ0) is 21.7. The number of amides is 2. The average Bonchev–Trinajstić information content (AvgIpc) is 3.07. The summed E-state index contributed by atoms with van der Waals surface area (Å²) in [6.45, 7) is 9.68. The number of carbonyl (C=O) groups is 2. The molecule has 5 heteroatoms. The Morgan fingerprint density at radius 1 is 1.13 bits per heavy atom. The summed E-state index contributed by atoms with van der Waals surface area (Å²) < 4.78 is 5.52. The van der Waals surface area contributed by atoms with Crippen molar-refractivity contribution in [2.75, 3.05) is 19.6 Å². The molecule has 1 saturated heterocycles. The van der Waals surface area contributed by atoms with Gasteiger partial charge in [-0.2, -0.15) is 0 Å². The van der Waals surface area contributed by atoms with Crippen LogP contribution in [0.4, 0.5) is 0 Å². The first kappa shape index (κ1) is 22.1. The highest BCUT2D eigenvalue weighted by Gasteiger charge is 2.26. The van der Waals surface area contributed by atoms with Crippen molar-refractivity contribution in [3.05, 3.63) is 59.0 Å². The van der Waals surface area contributed by atoms with Crippen LogP contribution in [0, 0.1) is 19.8 Å². The number of likely N-dealkylation sites (tertiary alicyclic amines) is 1. The molecular formula is C25H34N2O3. The molecule has 0 bridgehead atoms. The highest BCUT2D eigenvalue weighted by atomic mass is 16.3. The van der Waals surface area contributed by atoms with Crippen LogP contribution in [-0.4, -0.2) is 47.3 Å². The number of nitrogens with zero attached hydrogens (tertiary/aromatic N) is 2. The van der Waals surface area contributed by atoms with Gasteiger partial charge < -0.3 is 14.2 Å². The summed E-state index contributed by atoms with van der Waals surface area (Å²) >= 11 is 0. The summed E-state index contributed by atoms with van der Waals surface area (Å²) in [4.78, 5) is 29.5. The van der Waals surface area contributed by atoms with E-state index < -0.39 is 0 Å². The minimum Gasteiger partial charge on any atom is -0.466 e. The van der Waals surface area contributed by atoms with Crippen LogP contribution in [0.25, 0.3) is 0 Å². The zero-order valence-electron chi connectivity index (χ0n) is 18.7. The molecule has 3 rings (SSSR count). The average molecular weight is 411 g/mol. The summed E-state index contributed by atoms with van der Waals surface area (Å²) in [5.41, 5.74) is 1.97. The molecule has 1 aromatic heterocycles. The number of hydrogen-bond acceptors (Lipinski definition) is 3. The molecule has 0 unspecified atom stereocenters. The SMILES string of the molecule is Cc1cc(C(=O)N(CCC(=O)N2CCC(Cc3ccccc3)CC2)C(C)C)c(C)o1. The fraction of sp³-hybridized carbons (Fsp3) is 0.520. The van der Waals surface area contributed by atoms with E-state index in [1.165, 1.54) is 5.56 Å². The molecule has 0 spiro atoms. The predicted octanol–water partition coefficient (Wildman–Crippen LogP) is 4.62. The van der Waals surface area contributed by atoms with Crippen LogP contribution in [0.3, 0.4) is 0 Å². The molecule has 2 amide bonds. The quantitative estimate of drug-likeness (QED) is 0.669. The van der Waals surface area contributed by atoms with Gasteiger partial charge in [-0.15, -0.1) is 0 Å². The van der Waals surface area contributed by atoms with Gasteiger partial charge in [0.15, 0.2) is 0 Å². The molecular weight excluding hydrogens is 376 g/mol. The minimum absolute atomic E-state index is 0.0246. The molecule has 0 atom stereocenters. The highest BCUT2D eigenvalue weighted by Crippen LogP contribution is 2.23. The smallest absolute Gasteiger partial charge is 0.257 e. The molecule has 1 aliphatic heterocycles. The third kappa shape index (κ3) is 5.53. The Morgan fingerprint density at radius 3 is 2.37 bits per heavy atom. The molecule has 30 heavy (non-hydrogen) atoms. The maximum Gasteiger partial charge on any atom is 0.257 e. The Kier molecular flexibility index (Phi) is 7.35. The monoisotopic (exact) mass is 410 g/mol. The summed E-state index contributed by atoms with van der Waals surface area (Å²) in [5.74, 6) is 2.09. The van der Waals surface area contributed by atoms with Crippen LogP contribution in [-0.2, 0) is 11.2 Å². The lowest BCUT2D eigenvalue weighted by Gasteiger charge is -2.33. The van der Waals surface area contributed by atoms with Gasteiger partial charge in [0.25, 0.3) is 5.91 Å². The predicted molar refractivity (Wildman–Crippen MR) is 118 cm³/mol. The summed E-state index contributed by atoms with van der Waals surface area (Å²) in [7, 11) is 0. The summed E-state index contributed by atoms with van der Waals surface area (Å²) in [5, 5.41) is 0. The van der Waals surface area contributed by atoms with Crippen molar-refractivity contribution >= 4 is 11.8 Å². The Balaban J connectivity index is 1.50. The van der Waals surface area contributed by atoms with E-state index >= 15 is 0 Å². The van der Waals surface area contributed by atoms with Gasteiger partial charge in [0, 0.05) is 32.1 Å². The van der Waals surface area contributed by atoms with Gasteiger partial charge >= 0.3 is 0 Å². The second-order valence-electron chi connectivity index (χ2n) is 8.68. The fourth-order valence-corrected chi connectivity index (χ4v) is 4.30. The van der Waals surface area contributed by atoms with Crippen molar-refractivity contribution in [1.82, 2.24) is 9.80 Å². The highest BCUT2D eigenvalue weighted by molar-refractivity contribution is 5.95. The van der Waals surface area contributed by atoms with Crippen LogP contribution in [0.15, 0.2) is 40.8 Å². The lowest BCUT2D eigenvalue weighted by molar-refractivity contribution is -0.132. The van der Waals surface area contributed by atoms with Crippen molar-refractivity contribution in [3.8, 4) is 0 Å². The molecule has 1 aromatic carbocycles. The number of carbonyl (C=O) groups excluding carboxylic acids is 2. The zero-order valence-corrected chi connectivity index (χ0v) is 18.7. The molecule has 0 radical (unpaired) electrons. The standard InChI is InChI=1S/C25H34N2O3/c1-18(2)27(25(29)23-16-19(3)30-20(23)4)15-12-24(28)26-13-10-22(11-14-26)17-21-8-6-5-7-9-21/h5-9,16,18,22H,10-15,17H2,1-4H3. The maximum absolute atomic E-state index is 13.0. The van der Waals surface area contributed by atoms with Crippen LogP contribution in [0.5, 0.6) is 0 Å². The van der Waals surface area contributed by atoms with Gasteiger partial charge in [0.2, 0.25) is 5.91 Å². The lowest BCUT2D eigenvalue weighted by atomic mass is 9.90. The first-order chi connectivity index (χ1) is 14.3. The van der Waals surface area contributed by atoms with E-state index in [-0.39, 0.29) is 17.9 Å². The summed E-state index contributed by atoms with van der Waals surface area (Å²) in [6.07, 6.45) is 3.53. The molecule has 0 saturated carbocycles. The van der Waals surface area contributed by atoms with Gasteiger partial charge in [0.05, 0.1) is 5.56 Å². The first-order valence-electron chi connectivity index (χ1n) is 11.0. The van der Waals surface area contributed by atoms with E-state index in [1.807, 2.05) is 38.7 Å². The number of hydrogen-bond donors (Lipinski definition) is 0. The van der Waals surface area contributed by atoms with Crippen molar-refractivity contribution in [3.63, 3.8) is 0 Å². The molecule has 0 aliphatic carbocycles. The molecule has 162 valence electrons. The normalized spacial score (nSPS) is 14.9. The van der Waals surface area contributed by atoms with Gasteiger partial charge in [-0.25, -0.2) is 0 Å². The van der Waals surface area contributed by atoms with Gasteiger partial charge in [0.1, 0.15) is 11.5 Å². The number of rotatable bonds is 7. The van der Waals surface area contributed by atoms with Crippen molar-refractivity contribution < 1.29 is 14.0 Å². The molecule has 2 heterocycles. The molecule has 0 N–H and O–H groups in total. The van der Waals surface area contributed by atoms with E-state index in [0.29, 0.717) is 30.2 Å². The maximum atomic E-state index is 13.0. The Hall–Kier alpha value is -2.56. The Labute approximate surface area is 180 Å². The number of aryl methyl sites for hydroxylation is 2. The molecule has 1 fully saturated rings. The largest absolute Gasteiger partial charge is 0.466 e. The Bertz CT molecular complexity index is 849. The number of benzene rings is 1. The van der Waals surface area contributed by atoms with Gasteiger partial charge in [-0.1, -0.05) is 30.3 Å². The number of furan rings is 1. The molecule has 5 nitrogen and oxygen atoms in total. The molecule has 2 aromatic rings. The second-order valence-corrected chi connectivity index (χ2v) is 8.68. The lowest BCUT2D eigenvalue weighted by Crippen LogP contribution is -2.43. The summed E-state index contributed by atoms with van der Waals surface area (Å²) in [6, 6.07) is 12.4.